The number of ether oxygens (including phenoxy) is 1. The third-order valence-electron chi connectivity index (χ3n) is 12.8. The topological polar surface area (TPSA) is 76.7 Å². The number of nitrogens with one attached hydrogen (secondary N) is 1. The first kappa shape index (κ1) is 40.6. The van der Waals surface area contributed by atoms with Crippen LogP contribution in [0.15, 0.2) is 83.3 Å². The Balaban J connectivity index is 0.000000887. The molecule has 0 radical (unpaired) electrons. The first-order chi connectivity index (χ1) is 24.2. The van der Waals surface area contributed by atoms with Gasteiger partial charge in [0.1, 0.15) is 6.10 Å². The summed E-state index contributed by atoms with van der Waals surface area (Å²) in [6.07, 6.45) is 19.8. The zero-order valence-corrected chi connectivity index (χ0v) is 33.5. The average Bonchev–Trinajstić information content (AvgIpc) is 3.46. The van der Waals surface area contributed by atoms with E-state index in [4.69, 9.17) is 10.5 Å². The highest BCUT2D eigenvalue weighted by molar-refractivity contribution is 5.81. The van der Waals surface area contributed by atoms with Crippen molar-refractivity contribution in [1.29, 1.82) is 0 Å². The molecule has 2 saturated carbocycles. The van der Waals surface area contributed by atoms with Crippen molar-refractivity contribution < 1.29 is 12.4 Å². The van der Waals surface area contributed by atoms with Crippen LogP contribution < -0.4 is 11.1 Å². The van der Waals surface area contributed by atoms with Gasteiger partial charge in [-0.05, 0) is 109 Å². The number of hydrogen-bond acceptors (Lipinski definition) is 4. The van der Waals surface area contributed by atoms with Crippen LogP contribution in [-0.4, -0.2) is 30.8 Å². The number of benzene rings is 1. The lowest BCUT2D eigenvalue weighted by atomic mass is 9.47. The summed E-state index contributed by atoms with van der Waals surface area (Å²) >= 11 is 0. The Morgan fingerprint density at radius 3 is 2.45 bits per heavy atom. The van der Waals surface area contributed by atoms with Gasteiger partial charge < -0.3 is 15.8 Å². The van der Waals surface area contributed by atoms with E-state index in [9.17, 15) is 4.79 Å². The number of nitrogens with two attached hydrogens (primary N) is 1. The molecule has 0 spiro atoms. The van der Waals surface area contributed by atoms with Crippen LogP contribution in [0, 0.1) is 39.9 Å². The summed E-state index contributed by atoms with van der Waals surface area (Å²) in [5.74, 6) is 3.33. The fourth-order valence-corrected chi connectivity index (χ4v) is 9.45. The van der Waals surface area contributed by atoms with Gasteiger partial charge in [0, 0.05) is 15.5 Å². The Bertz CT molecular complexity index is 1530. The Kier molecular flexibility index (Phi) is 13.6. The lowest BCUT2D eigenvalue weighted by molar-refractivity contribution is -0.123. The third-order valence-corrected chi connectivity index (χ3v) is 12.8. The maximum Gasteiger partial charge on any atom is 0.237 e. The van der Waals surface area contributed by atoms with Crippen LogP contribution in [0.4, 0.5) is 5.69 Å². The van der Waals surface area contributed by atoms with Gasteiger partial charge >= 0.3 is 0 Å². The minimum absolute atomic E-state index is 0. The fraction of sp³-hybridized carbons (Fsp3) is 0.630. The molecule has 6 rings (SSSR count). The van der Waals surface area contributed by atoms with Crippen molar-refractivity contribution in [3.63, 3.8) is 0 Å². The second kappa shape index (κ2) is 17.1. The zero-order valence-electron chi connectivity index (χ0n) is 33.5. The van der Waals surface area contributed by atoms with Crippen LogP contribution in [0.1, 0.15) is 134 Å². The summed E-state index contributed by atoms with van der Waals surface area (Å²) < 4.78 is 6.39. The number of allylic oxidation sites excluding steroid dienone is 4. The van der Waals surface area contributed by atoms with Gasteiger partial charge in [-0.2, -0.15) is 0 Å². The second-order valence-corrected chi connectivity index (χ2v) is 17.3. The van der Waals surface area contributed by atoms with E-state index in [0.29, 0.717) is 22.5 Å². The minimum atomic E-state index is -0.524. The smallest absolute Gasteiger partial charge is 0.237 e. The molecule has 2 fully saturated rings. The van der Waals surface area contributed by atoms with E-state index >= 15 is 0 Å². The quantitative estimate of drug-likeness (QED) is 0.161. The molecule has 1 aliphatic heterocycles. The number of carbonyl (C=O) groups excluding carboxylic acids is 1. The van der Waals surface area contributed by atoms with Crippen molar-refractivity contribution in [1.82, 2.24) is 5.32 Å². The number of rotatable bonds is 8. The van der Waals surface area contributed by atoms with Crippen LogP contribution >= 0.6 is 0 Å². The Hall–Kier alpha value is -3.14. The fourth-order valence-electron chi connectivity index (χ4n) is 9.45. The summed E-state index contributed by atoms with van der Waals surface area (Å²) in [7, 11) is 0. The van der Waals surface area contributed by atoms with Gasteiger partial charge in [-0.15, -0.1) is 6.58 Å². The van der Waals surface area contributed by atoms with Crippen molar-refractivity contribution in [2.45, 2.75) is 138 Å². The zero-order chi connectivity index (χ0) is 37.6. The lowest BCUT2D eigenvalue weighted by Gasteiger charge is -2.58. The van der Waals surface area contributed by atoms with Crippen LogP contribution in [-0.2, 0) is 9.53 Å². The molecular formula is C46H73N3O2. The number of fused-ring (bicyclic) bond motifs is 6. The van der Waals surface area contributed by atoms with E-state index < -0.39 is 6.04 Å². The molecule has 1 aromatic carbocycles. The number of carbonyl (C=O) groups is 1. The highest BCUT2D eigenvalue weighted by Gasteiger charge is 2.57. The number of hydrogen-bond donors (Lipinski definition) is 2. The van der Waals surface area contributed by atoms with E-state index in [1.165, 1.54) is 37.7 Å². The molecule has 1 amide bonds. The van der Waals surface area contributed by atoms with Gasteiger partial charge in [0.15, 0.2) is 5.76 Å². The SMILES string of the molecule is C=C=C(CNC(=O)C(N)C(C)C)O[C@H]1CC[C@@]2(C)C(=CCC3C2CC[C@]2(C)C(CC4CC=Nc5ccccc54)=CCC32)C1.C=CC(C)(C)C.CC.[HH].[HH]. The van der Waals surface area contributed by atoms with Gasteiger partial charge in [-0.25, -0.2) is 0 Å². The summed E-state index contributed by atoms with van der Waals surface area (Å²) in [4.78, 5) is 17.0. The summed E-state index contributed by atoms with van der Waals surface area (Å²) in [6.45, 7) is 27.2. The van der Waals surface area contributed by atoms with Crippen molar-refractivity contribution in [3.05, 3.63) is 83.9 Å². The molecule has 1 aromatic rings. The largest absolute Gasteiger partial charge is 0.485 e. The van der Waals surface area contributed by atoms with E-state index in [-0.39, 0.29) is 32.7 Å². The predicted octanol–water partition coefficient (Wildman–Crippen LogP) is 11.7. The van der Waals surface area contributed by atoms with Crippen LogP contribution in [0.2, 0.25) is 0 Å². The molecule has 1 heterocycles. The molecule has 5 aliphatic rings. The summed E-state index contributed by atoms with van der Waals surface area (Å²) in [5.41, 5.74) is 15.7. The number of para-hydroxylation sites is 1. The van der Waals surface area contributed by atoms with Crippen LogP contribution in [0.25, 0.3) is 0 Å². The summed E-state index contributed by atoms with van der Waals surface area (Å²) in [6, 6.07) is 8.22. The van der Waals surface area contributed by atoms with Crippen LogP contribution in [0.5, 0.6) is 0 Å². The maximum atomic E-state index is 12.4. The summed E-state index contributed by atoms with van der Waals surface area (Å²) in [5, 5.41) is 2.91. The van der Waals surface area contributed by atoms with Crippen molar-refractivity contribution in [2.24, 2.45) is 50.6 Å². The second-order valence-electron chi connectivity index (χ2n) is 17.3. The normalized spacial score (nSPS) is 30.8. The van der Waals surface area contributed by atoms with E-state index in [2.05, 4.69) is 106 Å². The van der Waals surface area contributed by atoms with Crippen LogP contribution in [0.3, 0.4) is 0 Å². The van der Waals surface area contributed by atoms with Gasteiger partial charge in [0.25, 0.3) is 0 Å². The van der Waals surface area contributed by atoms with Gasteiger partial charge in [0.2, 0.25) is 5.91 Å². The van der Waals surface area contributed by atoms with Gasteiger partial charge in [-0.3, -0.25) is 9.79 Å². The molecule has 284 valence electrons. The van der Waals surface area contributed by atoms with Crippen molar-refractivity contribution >= 4 is 17.8 Å². The standard InChI is InChI=1S/C38H51N3O2.C6H12.C2H6.2H2/c1-6-28(23-41-36(42)35(39)24(2)3)43-29-15-18-37(4)27(22-29)11-13-31-32-14-12-26(38(32,5)19-16-33(31)37)21-25-17-20-40-34-10-8-7-9-30(25)34;1-5-6(2,3)4;1-2;;/h7-12,20,24-25,29,31-33,35H,1,13-19,21-23,39H2,2-5H3,(H,41,42);5H,1H2,2-4H3;1-2H3;2*1H/t25?,29-,31?,32?,33?,35?,37-,38+;;;;/m0..../s1. The third kappa shape index (κ3) is 9.09. The number of nitrogens with zero attached hydrogens (tertiary/aromatic N) is 1. The molecule has 5 unspecified atom stereocenters. The molecule has 8 atom stereocenters. The Labute approximate surface area is 314 Å². The van der Waals surface area contributed by atoms with Gasteiger partial charge in [-0.1, -0.05) is 122 Å². The van der Waals surface area contributed by atoms with Crippen molar-refractivity contribution in [3.8, 4) is 0 Å². The van der Waals surface area contributed by atoms with E-state index in [1.807, 2.05) is 33.8 Å². The number of aliphatic imine (C=N–C) groups is 1. The first-order valence-corrected chi connectivity index (χ1v) is 19.9. The first-order valence-electron chi connectivity index (χ1n) is 19.9. The Morgan fingerprint density at radius 1 is 1.10 bits per heavy atom. The lowest BCUT2D eigenvalue weighted by Crippen LogP contribution is -2.50. The molecule has 51 heavy (non-hydrogen) atoms. The van der Waals surface area contributed by atoms with Gasteiger partial charge in [0.05, 0.1) is 18.3 Å². The molecular weight excluding hydrogens is 627 g/mol. The van der Waals surface area contributed by atoms with Crippen molar-refractivity contribution in [2.75, 3.05) is 6.54 Å². The highest BCUT2D eigenvalue weighted by Crippen LogP contribution is 2.66. The number of amides is 1. The predicted molar refractivity (Wildman–Crippen MR) is 220 cm³/mol. The molecule has 0 aromatic heterocycles. The highest BCUT2D eigenvalue weighted by atomic mass is 16.5. The van der Waals surface area contributed by atoms with E-state index in [1.54, 1.807) is 11.1 Å². The molecule has 0 saturated heterocycles. The maximum absolute atomic E-state index is 12.4. The molecule has 0 bridgehead atoms. The molecule has 5 heteroatoms. The molecule has 4 aliphatic carbocycles. The minimum Gasteiger partial charge on any atom is -0.485 e. The molecule has 5 nitrogen and oxygen atoms in total. The molecule has 3 N–H and O–H groups in total. The average molecular weight is 700 g/mol. The monoisotopic (exact) mass is 700 g/mol. The Morgan fingerprint density at radius 2 is 1.78 bits per heavy atom. The van der Waals surface area contributed by atoms with E-state index in [0.717, 1.165) is 49.1 Å².